The van der Waals surface area contributed by atoms with E-state index in [0.717, 1.165) is 12.8 Å². The molecule has 3 N–H and O–H groups in total. The lowest BCUT2D eigenvalue weighted by Gasteiger charge is -2.39. The number of phenolic OH excluding ortho intramolecular Hbond substituents is 1. The van der Waals surface area contributed by atoms with Crippen molar-refractivity contribution in [2.24, 2.45) is 11.7 Å². The average molecular weight is 276 g/mol. The summed E-state index contributed by atoms with van der Waals surface area (Å²) in [6.07, 6.45) is 4.53. The van der Waals surface area contributed by atoms with Crippen LogP contribution < -0.4 is 5.73 Å². The second kappa shape index (κ2) is 6.75. The standard InChI is InChI=1S/C16H24N2O2/c1-2-18(15-6-4-3-5-13(15)11-17)16(20)12-7-9-14(19)10-8-12/h7-10,13,15,19H,2-6,11,17H2,1H3. The van der Waals surface area contributed by atoms with E-state index in [0.29, 0.717) is 24.6 Å². The number of carbonyl (C=O) groups excluding carboxylic acids is 1. The van der Waals surface area contributed by atoms with Crippen LogP contribution in [-0.2, 0) is 0 Å². The van der Waals surface area contributed by atoms with Crippen LogP contribution in [0.3, 0.4) is 0 Å². The van der Waals surface area contributed by atoms with Gasteiger partial charge in [-0.05, 0) is 56.5 Å². The Bertz CT molecular complexity index is 444. The monoisotopic (exact) mass is 276 g/mol. The molecule has 0 radical (unpaired) electrons. The number of hydrogen-bond donors (Lipinski definition) is 2. The Hall–Kier alpha value is -1.55. The minimum Gasteiger partial charge on any atom is -0.508 e. The van der Waals surface area contributed by atoms with Crippen LogP contribution in [0.25, 0.3) is 0 Å². The van der Waals surface area contributed by atoms with Gasteiger partial charge in [0.25, 0.3) is 5.91 Å². The summed E-state index contributed by atoms with van der Waals surface area (Å²) in [6, 6.07) is 6.73. The predicted octanol–water partition coefficient (Wildman–Crippen LogP) is 2.37. The molecule has 0 aromatic heterocycles. The van der Waals surface area contributed by atoms with Crippen LogP contribution in [0.1, 0.15) is 43.0 Å². The summed E-state index contributed by atoms with van der Waals surface area (Å²) in [5, 5.41) is 9.32. The molecule has 0 spiro atoms. The molecule has 4 heteroatoms. The van der Waals surface area contributed by atoms with E-state index < -0.39 is 0 Å². The zero-order valence-corrected chi connectivity index (χ0v) is 12.1. The predicted molar refractivity (Wildman–Crippen MR) is 79.6 cm³/mol. The quantitative estimate of drug-likeness (QED) is 0.887. The van der Waals surface area contributed by atoms with Gasteiger partial charge in [0.15, 0.2) is 0 Å². The summed E-state index contributed by atoms with van der Waals surface area (Å²) in [7, 11) is 0. The first-order valence-electron chi connectivity index (χ1n) is 7.47. The van der Waals surface area contributed by atoms with E-state index in [2.05, 4.69) is 0 Å². The Balaban J connectivity index is 2.17. The molecule has 2 atom stereocenters. The lowest BCUT2D eigenvalue weighted by atomic mass is 9.83. The molecule has 4 nitrogen and oxygen atoms in total. The molecule has 1 fully saturated rings. The SMILES string of the molecule is CCN(C(=O)c1ccc(O)cc1)C1CCCCC1CN. The highest BCUT2D eigenvalue weighted by molar-refractivity contribution is 5.94. The molecule has 20 heavy (non-hydrogen) atoms. The lowest BCUT2D eigenvalue weighted by Crippen LogP contribution is -2.48. The van der Waals surface area contributed by atoms with Crippen molar-refractivity contribution < 1.29 is 9.90 Å². The number of aromatic hydroxyl groups is 1. The van der Waals surface area contributed by atoms with Crippen molar-refractivity contribution in [2.75, 3.05) is 13.1 Å². The van der Waals surface area contributed by atoms with E-state index in [4.69, 9.17) is 5.73 Å². The van der Waals surface area contributed by atoms with E-state index in [1.807, 2.05) is 11.8 Å². The Morgan fingerprint density at radius 1 is 1.30 bits per heavy atom. The van der Waals surface area contributed by atoms with Crippen LogP contribution in [0.5, 0.6) is 5.75 Å². The Kier molecular flexibility index (Phi) is 5.01. The highest BCUT2D eigenvalue weighted by Gasteiger charge is 2.31. The zero-order valence-electron chi connectivity index (χ0n) is 12.1. The fraction of sp³-hybridized carbons (Fsp3) is 0.562. The molecule has 1 aliphatic rings. The van der Waals surface area contributed by atoms with Gasteiger partial charge < -0.3 is 15.7 Å². The van der Waals surface area contributed by atoms with Gasteiger partial charge in [-0.15, -0.1) is 0 Å². The average Bonchev–Trinajstić information content (AvgIpc) is 2.49. The number of hydrogen-bond acceptors (Lipinski definition) is 3. The topological polar surface area (TPSA) is 66.6 Å². The first-order valence-corrected chi connectivity index (χ1v) is 7.47. The zero-order chi connectivity index (χ0) is 14.5. The van der Waals surface area contributed by atoms with Gasteiger partial charge in [-0.2, -0.15) is 0 Å². The largest absolute Gasteiger partial charge is 0.508 e. The number of rotatable bonds is 4. The van der Waals surface area contributed by atoms with Gasteiger partial charge >= 0.3 is 0 Å². The highest BCUT2D eigenvalue weighted by atomic mass is 16.3. The molecule has 0 heterocycles. The van der Waals surface area contributed by atoms with Crippen molar-refractivity contribution >= 4 is 5.91 Å². The van der Waals surface area contributed by atoms with Gasteiger partial charge in [0.05, 0.1) is 0 Å². The number of nitrogens with zero attached hydrogens (tertiary/aromatic N) is 1. The van der Waals surface area contributed by atoms with Gasteiger partial charge in [0, 0.05) is 18.2 Å². The van der Waals surface area contributed by atoms with Crippen molar-refractivity contribution in [3.05, 3.63) is 29.8 Å². The number of carbonyl (C=O) groups is 1. The minimum absolute atomic E-state index is 0.0397. The maximum Gasteiger partial charge on any atom is 0.254 e. The molecule has 0 saturated heterocycles. The summed E-state index contributed by atoms with van der Waals surface area (Å²) in [4.78, 5) is 14.6. The fourth-order valence-corrected chi connectivity index (χ4v) is 3.17. The summed E-state index contributed by atoms with van der Waals surface area (Å²) in [5.41, 5.74) is 6.50. The highest BCUT2D eigenvalue weighted by Crippen LogP contribution is 2.29. The number of phenols is 1. The molecule has 1 aromatic rings. The minimum atomic E-state index is 0.0397. The first-order chi connectivity index (χ1) is 9.67. The number of nitrogens with two attached hydrogens (primary N) is 1. The summed E-state index contributed by atoms with van der Waals surface area (Å²) in [6.45, 7) is 3.35. The van der Waals surface area contributed by atoms with Crippen molar-refractivity contribution in [1.82, 2.24) is 4.90 Å². The first kappa shape index (κ1) is 14.9. The second-order valence-corrected chi connectivity index (χ2v) is 5.49. The van der Waals surface area contributed by atoms with Crippen LogP contribution in [0.2, 0.25) is 0 Å². The van der Waals surface area contributed by atoms with E-state index in [9.17, 15) is 9.90 Å². The van der Waals surface area contributed by atoms with Crippen molar-refractivity contribution in [1.29, 1.82) is 0 Å². The number of benzene rings is 1. The van der Waals surface area contributed by atoms with E-state index >= 15 is 0 Å². The van der Waals surface area contributed by atoms with Crippen molar-refractivity contribution in [3.63, 3.8) is 0 Å². The van der Waals surface area contributed by atoms with Crippen molar-refractivity contribution in [3.8, 4) is 5.75 Å². The van der Waals surface area contributed by atoms with Gasteiger partial charge in [-0.25, -0.2) is 0 Å². The smallest absolute Gasteiger partial charge is 0.254 e. The molecule has 0 bridgehead atoms. The van der Waals surface area contributed by atoms with Crippen molar-refractivity contribution in [2.45, 2.75) is 38.6 Å². The van der Waals surface area contributed by atoms with Crippen LogP contribution >= 0.6 is 0 Å². The normalized spacial score (nSPS) is 22.5. The molecule has 1 amide bonds. The molecule has 2 unspecified atom stereocenters. The van der Waals surface area contributed by atoms with Gasteiger partial charge in [-0.1, -0.05) is 12.8 Å². The van der Waals surface area contributed by atoms with Crippen LogP contribution in [-0.4, -0.2) is 35.0 Å². The molecule has 1 aliphatic carbocycles. The molecule has 1 saturated carbocycles. The molecular formula is C16H24N2O2. The summed E-state index contributed by atoms with van der Waals surface area (Å²) >= 11 is 0. The van der Waals surface area contributed by atoms with E-state index in [1.165, 1.54) is 12.8 Å². The molecular weight excluding hydrogens is 252 g/mol. The van der Waals surface area contributed by atoms with Crippen LogP contribution in [0.15, 0.2) is 24.3 Å². The van der Waals surface area contributed by atoms with Crippen LogP contribution in [0, 0.1) is 5.92 Å². The third kappa shape index (κ3) is 3.12. The van der Waals surface area contributed by atoms with E-state index in [1.54, 1.807) is 24.3 Å². The third-order valence-corrected chi connectivity index (χ3v) is 4.29. The molecule has 2 rings (SSSR count). The molecule has 0 aliphatic heterocycles. The fourth-order valence-electron chi connectivity index (χ4n) is 3.17. The van der Waals surface area contributed by atoms with Gasteiger partial charge in [0.2, 0.25) is 0 Å². The number of amides is 1. The van der Waals surface area contributed by atoms with Gasteiger partial charge in [-0.3, -0.25) is 4.79 Å². The lowest BCUT2D eigenvalue weighted by molar-refractivity contribution is 0.0560. The maximum absolute atomic E-state index is 12.7. The van der Waals surface area contributed by atoms with E-state index in [-0.39, 0.29) is 17.7 Å². The second-order valence-electron chi connectivity index (χ2n) is 5.49. The molecule has 1 aromatic carbocycles. The molecule has 110 valence electrons. The summed E-state index contributed by atoms with van der Waals surface area (Å²) < 4.78 is 0. The van der Waals surface area contributed by atoms with Crippen LogP contribution in [0.4, 0.5) is 0 Å². The Morgan fingerprint density at radius 3 is 2.55 bits per heavy atom. The maximum atomic E-state index is 12.7. The van der Waals surface area contributed by atoms with Gasteiger partial charge in [0.1, 0.15) is 5.75 Å². The Morgan fingerprint density at radius 2 is 1.95 bits per heavy atom. The Labute approximate surface area is 120 Å². The summed E-state index contributed by atoms with van der Waals surface area (Å²) in [5.74, 6) is 0.629. The third-order valence-electron chi connectivity index (χ3n) is 4.29.